The van der Waals surface area contributed by atoms with Gasteiger partial charge in [0.1, 0.15) is 5.69 Å². The topological polar surface area (TPSA) is 83.5 Å². The molecule has 0 bridgehead atoms. The molecule has 8 heteroatoms. The highest BCUT2D eigenvalue weighted by Gasteiger charge is 2.29. The smallest absolute Gasteiger partial charge is 0.278 e. The minimum Gasteiger partial charge on any atom is -0.306 e. The second-order valence-corrected chi connectivity index (χ2v) is 8.77. The summed E-state index contributed by atoms with van der Waals surface area (Å²) < 4.78 is 27.0. The second-order valence-electron chi connectivity index (χ2n) is 6.83. The Balaban J connectivity index is 1.65. The van der Waals surface area contributed by atoms with Crippen molar-refractivity contribution in [3.8, 4) is 0 Å². The number of nitrogens with zero attached hydrogens (tertiary/aromatic N) is 4. The number of amides is 1. The molecular weight excluding hydrogens is 388 g/mol. The number of anilines is 1. The fraction of sp³-hybridized carbons (Fsp3) is 0.286. The van der Waals surface area contributed by atoms with Crippen molar-refractivity contribution in [1.29, 1.82) is 0 Å². The number of fused-ring (bicyclic) bond motifs is 2. The summed E-state index contributed by atoms with van der Waals surface area (Å²) in [5.41, 5.74) is 3.25. The molecule has 0 N–H and O–H groups in total. The first kappa shape index (κ1) is 19.5. The SMILES string of the molecule is CCN(CC)S(=O)(=O)c1ccc2c(c1)CCN2C(=O)c1cnc2ccccc2n1. The van der Waals surface area contributed by atoms with E-state index in [2.05, 4.69) is 9.97 Å². The van der Waals surface area contributed by atoms with Gasteiger partial charge >= 0.3 is 0 Å². The van der Waals surface area contributed by atoms with Crippen LogP contribution in [0.2, 0.25) is 0 Å². The van der Waals surface area contributed by atoms with Crippen molar-refractivity contribution in [2.24, 2.45) is 0 Å². The van der Waals surface area contributed by atoms with Gasteiger partial charge in [0.15, 0.2) is 0 Å². The van der Waals surface area contributed by atoms with Crippen LogP contribution in [0.4, 0.5) is 5.69 Å². The Kier molecular flexibility index (Phi) is 5.06. The number of sulfonamides is 1. The zero-order chi connectivity index (χ0) is 20.6. The molecule has 2 heterocycles. The van der Waals surface area contributed by atoms with Gasteiger partial charge in [0.05, 0.1) is 22.1 Å². The van der Waals surface area contributed by atoms with E-state index in [0.717, 1.165) is 16.8 Å². The quantitative estimate of drug-likeness (QED) is 0.646. The summed E-state index contributed by atoms with van der Waals surface area (Å²) in [6.45, 7) is 4.96. The number of aromatic nitrogens is 2. The van der Waals surface area contributed by atoms with E-state index in [4.69, 9.17) is 0 Å². The highest BCUT2D eigenvalue weighted by atomic mass is 32.2. The van der Waals surface area contributed by atoms with Crippen molar-refractivity contribution in [3.63, 3.8) is 0 Å². The zero-order valence-electron chi connectivity index (χ0n) is 16.4. The first-order valence-corrected chi connectivity index (χ1v) is 11.1. The van der Waals surface area contributed by atoms with Gasteiger partial charge in [0, 0.05) is 25.3 Å². The minimum atomic E-state index is -3.53. The Morgan fingerprint density at radius 2 is 1.83 bits per heavy atom. The monoisotopic (exact) mass is 410 g/mol. The number of carbonyl (C=O) groups excluding carboxylic acids is 1. The molecule has 7 nitrogen and oxygen atoms in total. The zero-order valence-corrected chi connectivity index (χ0v) is 17.2. The molecule has 1 aliphatic heterocycles. The van der Waals surface area contributed by atoms with E-state index in [1.165, 1.54) is 10.5 Å². The molecule has 2 aromatic carbocycles. The fourth-order valence-electron chi connectivity index (χ4n) is 3.66. The van der Waals surface area contributed by atoms with E-state index in [-0.39, 0.29) is 16.5 Å². The number of benzene rings is 2. The molecule has 4 rings (SSSR count). The largest absolute Gasteiger partial charge is 0.306 e. The van der Waals surface area contributed by atoms with Gasteiger partial charge in [0.2, 0.25) is 10.0 Å². The third kappa shape index (κ3) is 3.38. The van der Waals surface area contributed by atoms with Gasteiger partial charge in [-0.25, -0.2) is 13.4 Å². The van der Waals surface area contributed by atoms with Gasteiger partial charge in [-0.15, -0.1) is 0 Å². The standard InChI is InChI=1S/C21H22N4O3S/c1-3-24(4-2)29(27,28)16-9-10-20-15(13-16)11-12-25(20)21(26)19-14-22-17-7-5-6-8-18(17)23-19/h5-10,13-14H,3-4,11-12H2,1-2H3. The normalized spacial score (nSPS) is 13.8. The van der Waals surface area contributed by atoms with Crippen LogP contribution in [0, 0.1) is 0 Å². The average molecular weight is 410 g/mol. The predicted octanol–water partition coefficient (Wildman–Crippen LogP) is 2.86. The lowest BCUT2D eigenvalue weighted by molar-refractivity contribution is 0.0984. The van der Waals surface area contributed by atoms with Crippen molar-refractivity contribution >= 4 is 32.7 Å². The summed E-state index contributed by atoms with van der Waals surface area (Å²) in [5, 5.41) is 0. The average Bonchev–Trinajstić information content (AvgIpc) is 3.17. The molecule has 0 aliphatic carbocycles. The molecule has 0 radical (unpaired) electrons. The van der Waals surface area contributed by atoms with Gasteiger partial charge in [0.25, 0.3) is 5.91 Å². The van der Waals surface area contributed by atoms with Gasteiger partial charge in [-0.1, -0.05) is 26.0 Å². The molecule has 1 aromatic heterocycles. The van der Waals surface area contributed by atoms with E-state index in [1.807, 2.05) is 38.1 Å². The highest BCUT2D eigenvalue weighted by Crippen LogP contribution is 2.32. The third-order valence-electron chi connectivity index (χ3n) is 5.20. The minimum absolute atomic E-state index is 0.235. The molecule has 29 heavy (non-hydrogen) atoms. The summed E-state index contributed by atoms with van der Waals surface area (Å²) in [4.78, 5) is 23.7. The van der Waals surface area contributed by atoms with E-state index in [1.54, 1.807) is 23.1 Å². The maximum absolute atomic E-state index is 13.0. The Bertz CT molecular complexity index is 1190. The third-order valence-corrected chi connectivity index (χ3v) is 7.25. The Morgan fingerprint density at radius 3 is 2.55 bits per heavy atom. The number of rotatable bonds is 5. The summed E-state index contributed by atoms with van der Waals surface area (Å²) in [5.74, 6) is -0.235. The van der Waals surface area contributed by atoms with Crippen LogP contribution in [-0.2, 0) is 16.4 Å². The summed E-state index contributed by atoms with van der Waals surface area (Å²) in [6.07, 6.45) is 2.09. The van der Waals surface area contributed by atoms with Crippen molar-refractivity contribution < 1.29 is 13.2 Å². The molecular formula is C21H22N4O3S. The first-order valence-electron chi connectivity index (χ1n) is 9.62. The van der Waals surface area contributed by atoms with Crippen LogP contribution >= 0.6 is 0 Å². The molecule has 1 aliphatic rings. The number of hydrogen-bond acceptors (Lipinski definition) is 5. The molecule has 150 valence electrons. The molecule has 3 aromatic rings. The Morgan fingerprint density at radius 1 is 1.10 bits per heavy atom. The Hall–Kier alpha value is -2.84. The Labute approximate surface area is 170 Å². The van der Waals surface area contributed by atoms with Crippen molar-refractivity contribution in [3.05, 3.63) is 59.9 Å². The number of para-hydroxylation sites is 2. The van der Waals surface area contributed by atoms with E-state index in [9.17, 15) is 13.2 Å². The van der Waals surface area contributed by atoms with Crippen LogP contribution in [0.15, 0.2) is 53.6 Å². The van der Waals surface area contributed by atoms with Crippen LogP contribution in [0.25, 0.3) is 11.0 Å². The van der Waals surface area contributed by atoms with Crippen LogP contribution in [0.5, 0.6) is 0 Å². The van der Waals surface area contributed by atoms with Crippen LogP contribution in [0.3, 0.4) is 0 Å². The van der Waals surface area contributed by atoms with Gasteiger partial charge < -0.3 is 4.90 Å². The number of hydrogen-bond donors (Lipinski definition) is 0. The molecule has 0 saturated carbocycles. The van der Waals surface area contributed by atoms with Crippen molar-refractivity contribution in [2.45, 2.75) is 25.2 Å². The van der Waals surface area contributed by atoms with Gasteiger partial charge in [-0.3, -0.25) is 9.78 Å². The van der Waals surface area contributed by atoms with Gasteiger partial charge in [-0.2, -0.15) is 4.31 Å². The number of carbonyl (C=O) groups is 1. The summed E-state index contributed by atoms with van der Waals surface area (Å²) in [6, 6.07) is 12.4. The molecule has 0 unspecified atom stereocenters. The highest BCUT2D eigenvalue weighted by molar-refractivity contribution is 7.89. The van der Waals surface area contributed by atoms with Crippen LogP contribution in [-0.4, -0.2) is 48.2 Å². The van der Waals surface area contributed by atoms with Crippen molar-refractivity contribution in [1.82, 2.24) is 14.3 Å². The predicted molar refractivity (Wildman–Crippen MR) is 111 cm³/mol. The molecule has 1 amide bonds. The second kappa shape index (κ2) is 7.53. The van der Waals surface area contributed by atoms with Gasteiger partial charge in [-0.05, 0) is 42.3 Å². The lowest BCUT2D eigenvalue weighted by Crippen LogP contribution is -2.31. The first-order chi connectivity index (χ1) is 14.0. The summed E-state index contributed by atoms with van der Waals surface area (Å²) in [7, 11) is -3.53. The van der Waals surface area contributed by atoms with E-state index >= 15 is 0 Å². The lowest BCUT2D eigenvalue weighted by atomic mass is 10.2. The van der Waals surface area contributed by atoms with E-state index in [0.29, 0.717) is 31.6 Å². The molecule has 0 spiro atoms. The maximum Gasteiger partial charge on any atom is 0.278 e. The lowest BCUT2D eigenvalue weighted by Gasteiger charge is -2.20. The molecule has 0 atom stereocenters. The van der Waals surface area contributed by atoms with Crippen molar-refractivity contribution in [2.75, 3.05) is 24.5 Å². The molecule has 0 saturated heterocycles. The molecule has 0 fully saturated rings. The summed E-state index contributed by atoms with van der Waals surface area (Å²) >= 11 is 0. The fourth-order valence-corrected chi connectivity index (χ4v) is 5.17. The van der Waals surface area contributed by atoms with Crippen LogP contribution in [0.1, 0.15) is 29.9 Å². The maximum atomic E-state index is 13.0. The van der Waals surface area contributed by atoms with Crippen LogP contribution < -0.4 is 4.90 Å². The van der Waals surface area contributed by atoms with E-state index < -0.39 is 10.0 Å².